The fraction of sp³-hybridized carbons (Fsp3) is 0.300. The van der Waals surface area contributed by atoms with Crippen LogP contribution in [0.25, 0.3) is 0 Å². The summed E-state index contributed by atoms with van der Waals surface area (Å²) in [6.07, 6.45) is -4.73. The lowest BCUT2D eigenvalue weighted by atomic mass is 9.76. The average molecular weight is 490 g/mol. The zero-order chi connectivity index (χ0) is 22.1. The third-order valence-electron chi connectivity index (χ3n) is 4.94. The molecule has 1 aliphatic heterocycles. The Kier molecular flexibility index (Phi) is 6.47. The molecule has 10 heteroatoms. The molecule has 5 nitrogen and oxygen atoms in total. The largest absolute Gasteiger partial charge is 0.481 e. The molecule has 0 aliphatic carbocycles. The number of carboxylic acid groups (broad SMARTS) is 1. The lowest BCUT2D eigenvalue weighted by Crippen LogP contribution is -2.45. The minimum absolute atomic E-state index is 0.0804. The van der Waals surface area contributed by atoms with E-state index in [4.69, 9.17) is 4.74 Å². The van der Waals surface area contributed by atoms with Gasteiger partial charge < -0.3 is 15.2 Å². The summed E-state index contributed by atoms with van der Waals surface area (Å²) in [4.78, 5) is 24.6. The van der Waals surface area contributed by atoms with Crippen LogP contribution in [0.15, 0.2) is 46.9 Å². The summed E-state index contributed by atoms with van der Waals surface area (Å²) in [5, 5.41) is 11.9. The predicted molar refractivity (Wildman–Crippen MR) is 102 cm³/mol. The van der Waals surface area contributed by atoms with Crippen molar-refractivity contribution in [1.82, 2.24) is 0 Å². The Bertz CT molecular complexity index is 949. The molecule has 1 saturated heterocycles. The van der Waals surface area contributed by atoms with Gasteiger partial charge in [0.1, 0.15) is 5.82 Å². The topological polar surface area (TPSA) is 75.6 Å². The van der Waals surface area contributed by atoms with E-state index >= 15 is 0 Å². The van der Waals surface area contributed by atoms with Gasteiger partial charge in [0.05, 0.1) is 36.3 Å². The molecule has 0 saturated carbocycles. The average Bonchev–Trinajstić information content (AvgIpc) is 2.68. The Labute approximate surface area is 177 Å². The third kappa shape index (κ3) is 4.81. The highest BCUT2D eigenvalue weighted by atomic mass is 79.9. The van der Waals surface area contributed by atoms with Crippen LogP contribution < -0.4 is 5.32 Å². The number of carbonyl (C=O) groups excluding carboxylic acids is 1. The number of ether oxygens (including phenoxy) is 1. The summed E-state index contributed by atoms with van der Waals surface area (Å²) < 4.78 is 58.4. The minimum Gasteiger partial charge on any atom is -0.481 e. The van der Waals surface area contributed by atoms with Crippen LogP contribution in [0.5, 0.6) is 0 Å². The number of halogens is 5. The van der Waals surface area contributed by atoms with E-state index < -0.39 is 52.9 Å². The van der Waals surface area contributed by atoms with Crippen LogP contribution in [-0.2, 0) is 20.5 Å². The second-order valence-electron chi connectivity index (χ2n) is 6.85. The van der Waals surface area contributed by atoms with Crippen LogP contribution >= 0.6 is 15.9 Å². The molecule has 1 fully saturated rings. The summed E-state index contributed by atoms with van der Waals surface area (Å²) in [7, 11) is 0. The van der Waals surface area contributed by atoms with Crippen molar-refractivity contribution in [3.05, 3.63) is 63.9 Å². The minimum atomic E-state index is -4.73. The number of carbonyl (C=O) groups is 2. The standard InChI is InChI=1S/C20H16BrF4NO4/c21-12-4-1-10(2-5-12)13-8-30-9-14(17(13)19(28)29)18(27)26-16-6-3-11(7-15(16)22)20(23,24)25/h1-7,13-14,17H,8-9H2,(H,26,27)(H,28,29)/t13-,14-,17-/m0/s1. The Balaban J connectivity index is 1.83. The molecule has 3 atom stereocenters. The second-order valence-corrected chi connectivity index (χ2v) is 7.76. The van der Waals surface area contributed by atoms with Crippen LogP contribution in [0, 0.1) is 17.7 Å². The van der Waals surface area contributed by atoms with Crippen molar-refractivity contribution in [2.45, 2.75) is 12.1 Å². The quantitative estimate of drug-likeness (QED) is 0.611. The normalized spacial score (nSPS) is 21.8. The maximum atomic E-state index is 14.1. The molecule has 1 heterocycles. The van der Waals surface area contributed by atoms with Gasteiger partial charge in [-0.05, 0) is 35.9 Å². The fourth-order valence-electron chi connectivity index (χ4n) is 3.42. The number of amides is 1. The van der Waals surface area contributed by atoms with E-state index in [9.17, 15) is 32.3 Å². The molecule has 160 valence electrons. The van der Waals surface area contributed by atoms with E-state index in [-0.39, 0.29) is 19.3 Å². The molecule has 1 amide bonds. The maximum absolute atomic E-state index is 14.1. The van der Waals surface area contributed by atoms with Crippen molar-refractivity contribution >= 4 is 33.5 Å². The summed E-state index contributed by atoms with van der Waals surface area (Å²) in [5.74, 6) is -6.28. The molecule has 0 aromatic heterocycles. The number of aliphatic carboxylic acids is 1. The van der Waals surface area contributed by atoms with Crippen molar-refractivity contribution in [3.8, 4) is 0 Å². The van der Waals surface area contributed by atoms with Crippen molar-refractivity contribution < 1.29 is 37.0 Å². The second kappa shape index (κ2) is 8.73. The zero-order valence-corrected chi connectivity index (χ0v) is 16.8. The van der Waals surface area contributed by atoms with Crippen molar-refractivity contribution in [3.63, 3.8) is 0 Å². The monoisotopic (exact) mass is 489 g/mol. The van der Waals surface area contributed by atoms with Crippen LogP contribution in [0.2, 0.25) is 0 Å². The van der Waals surface area contributed by atoms with E-state index in [0.29, 0.717) is 11.6 Å². The number of rotatable bonds is 4. The van der Waals surface area contributed by atoms with Gasteiger partial charge in [0.25, 0.3) is 0 Å². The predicted octanol–water partition coefficient (Wildman–Crippen LogP) is 4.68. The molecule has 3 rings (SSSR count). The Morgan fingerprint density at radius 3 is 2.33 bits per heavy atom. The molecule has 2 aromatic carbocycles. The van der Waals surface area contributed by atoms with Crippen molar-refractivity contribution in [2.24, 2.45) is 11.8 Å². The van der Waals surface area contributed by atoms with Gasteiger partial charge in [-0.1, -0.05) is 28.1 Å². The van der Waals surface area contributed by atoms with E-state index in [1.165, 1.54) is 0 Å². The van der Waals surface area contributed by atoms with Gasteiger partial charge in [-0.2, -0.15) is 13.2 Å². The number of anilines is 1. The lowest BCUT2D eigenvalue weighted by Gasteiger charge is -2.35. The smallest absolute Gasteiger partial charge is 0.416 e. The molecule has 0 radical (unpaired) electrons. The molecule has 2 N–H and O–H groups in total. The Morgan fingerprint density at radius 2 is 1.77 bits per heavy atom. The summed E-state index contributed by atoms with van der Waals surface area (Å²) in [6.45, 7) is -0.130. The Hall–Kier alpha value is -2.46. The van der Waals surface area contributed by atoms with Gasteiger partial charge in [0, 0.05) is 10.4 Å². The van der Waals surface area contributed by atoms with E-state index in [0.717, 1.165) is 10.5 Å². The first-order valence-electron chi connectivity index (χ1n) is 8.81. The first kappa shape index (κ1) is 22.2. The highest BCUT2D eigenvalue weighted by molar-refractivity contribution is 9.10. The maximum Gasteiger partial charge on any atom is 0.416 e. The molecule has 0 unspecified atom stereocenters. The SMILES string of the molecule is O=C(O)[C@@H]1[C@@H](C(=O)Nc2ccc(C(F)(F)F)cc2F)COC[C@H]1c1ccc(Br)cc1. The van der Waals surface area contributed by atoms with Gasteiger partial charge in [0.2, 0.25) is 5.91 Å². The van der Waals surface area contributed by atoms with E-state index in [1.54, 1.807) is 24.3 Å². The highest BCUT2D eigenvalue weighted by Gasteiger charge is 2.44. The fourth-order valence-corrected chi connectivity index (χ4v) is 3.69. The van der Waals surface area contributed by atoms with E-state index in [1.807, 2.05) is 0 Å². The third-order valence-corrected chi connectivity index (χ3v) is 5.46. The zero-order valence-electron chi connectivity index (χ0n) is 15.2. The molecule has 0 spiro atoms. The van der Waals surface area contributed by atoms with Gasteiger partial charge >= 0.3 is 12.1 Å². The number of alkyl halides is 3. The molecular formula is C20H16BrF4NO4. The molecule has 0 bridgehead atoms. The first-order chi connectivity index (χ1) is 14.1. The van der Waals surface area contributed by atoms with Gasteiger partial charge in [-0.3, -0.25) is 9.59 Å². The summed E-state index contributed by atoms with van der Waals surface area (Å²) >= 11 is 3.29. The number of hydrogen-bond donors (Lipinski definition) is 2. The molecule has 2 aromatic rings. The first-order valence-corrected chi connectivity index (χ1v) is 9.61. The van der Waals surface area contributed by atoms with Crippen molar-refractivity contribution in [1.29, 1.82) is 0 Å². The number of hydrogen-bond acceptors (Lipinski definition) is 3. The number of carboxylic acids is 1. The molecule has 1 aliphatic rings. The number of nitrogens with one attached hydrogen (secondary N) is 1. The van der Waals surface area contributed by atoms with Crippen LogP contribution in [0.3, 0.4) is 0 Å². The van der Waals surface area contributed by atoms with Gasteiger partial charge in [-0.15, -0.1) is 0 Å². The van der Waals surface area contributed by atoms with Gasteiger partial charge in [-0.25, -0.2) is 4.39 Å². The van der Waals surface area contributed by atoms with Crippen LogP contribution in [0.4, 0.5) is 23.2 Å². The molecular weight excluding hydrogens is 474 g/mol. The highest BCUT2D eigenvalue weighted by Crippen LogP contribution is 2.37. The summed E-state index contributed by atoms with van der Waals surface area (Å²) in [5.41, 5.74) is -1.01. The summed E-state index contributed by atoms with van der Waals surface area (Å²) in [6, 6.07) is 8.59. The molecule has 30 heavy (non-hydrogen) atoms. The van der Waals surface area contributed by atoms with Gasteiger partial charge in [0.15, 0.2) is 0 Å². The van der Waals surface area contributed by atoms with Crippen LogP contribution in [-0.4, -0.2) is 30.2 Å². The van der Waals surface area contributed by atoms with Crippen LogP contribution in [0.1, 0.15) is 17.0 Å². The number of benzene rings is 2. The lowest BCUT2D eigenvalue weighted by molar-refractivity contribution is -0.154. The van der Waals surface area contributed by atoms with E-state index in [2.05, 4.69) is 21.2 Å². The van der Waals surface area contributed by atoms with Crippen molar-refractivity contribution in [2.75, 3.05) is 18.5 Å². The Morgan fingerprint density at radius 1 is 1.10 bits per heavy atom.